The van der Waals surface area contributed by atoms with Gasteiger partial charge in [0, 0.05) is 29.6 Å². The number of hydrogen-bond donors (Lipinski definition) is 2. The molecule has 148 valence electrons. The first-order chi connectivity index (χ1) is 13.8. The third kappa shape index (κ3) is 5.68. The second-order valence-electron chi connectivity index (χ2n) is 7.25. The van der Waals surface area contributed by atoms with Gasteiger partial charge >= 0.3 is 0 Å². The van der Waals surface area contributed by atoms with Gasteiger partial charge in [-0.3, -0.25) is 14.8 Å². The first kappa shape index (κ1) is 20.6. The maximum absolute atomic E-state index is 12.4. The van der Waals surface area contributed by atoms with Gasteiger partial charge < -0.3 is 5.32 Å². The Hall–Kier alpha value is -2.14. The maximum Gasteiger partial charge on any atom is 0.224 e. The number of carbonyl (C=O) groups excluding carboxylic acids is 1. The summed E-state index contributed by atoms with van der Waals surface area (Å²) >= 11 is 4.24. The third-order valence-corrected chi connectivity index (χ3v) is 5.36. The van der Waals surface area contributed by atoms with Crippen molar-refractivity contribution in [3.05, 3.63) is 42.7 Å². The standard InChI is InChI=1S/C23H29N3OS/c27-21(13-7-5-3-1-2-4-6-8-16-28)26-20-17-18-11-9-14-24-22(18)23-19(20)12-10-15-25-23/h9-12,14-15,17,28H,1-8,13,16H2,(H,26,27). The highest BCUT2D eigenvalue weighted by Crippen LogP contribution is 2.29. The van der Waals surface area contributed by atoms with Crippen molar-refractivity contribution in [1.82, 2.24) is 9.97 Å². The lowest BCUT2D eigenvalue weighted by Crippen LogP contribution is -2.11. The number of carbonyl (C=O) groups is 1. The van der Waals surface area contributed by atoms with Crippen LogP contribution in [-0.4, -0.2) is 21.6 Å². The summed E-state index contributed by atoms with van der Waals surface area (Å²) in [5, 5.41) is 5.01. The largest absolute Gasteiger partial charge is 0.325 e. The molecule has 1 aromatic carbocycles. The highest BCUT2D eigenvalue weighted by atomic mass is 32.1. The topological polar surface area (TPSA) is 54.9 Å². The molecule has 0 bridgehead atoms. The Morgan fingerprint density at radius 3 is 2.25 bits per heavy atom. The van der Waals surface area contributed by atoms with E-state index in [-0.39, 0.29) is 5.91 Å². The van der Waals surface area contributed by atoms with Crippen molar-refractivity contribution in [2.24, 2.45) is 0 Å². The van der Waals surface area contributed by atoms with Crippen molar-refractivity contribution < 1.29 is 4.79 Å². The van der Waals surface area contributed by atoms with Crippen LogP contribution in [0.4, 0.5) is 5.69 Å². The molecule has 0 aliphatic carbocycles. The summed E-state index contributed by atoms with van der Waals surface area (Å²) in [5.74, 6) is 1.07. The number of hydrogen-bond acceptors (Lipinski definition) is 4. The summed E-state index contributed by atoms with van der Waals surface area (Å²) in [6.07, 6.45) is 13.7. The van der Waals surface area contributed by atoms with Gasteiger partial charge in [-0.25, -0.2) is 0 Å². The fourth-order valence-corrected chi connectivity index (χ4v) is 3.77. The summed E-state index contributed by atoms with van der Waals surface area (Å²) in [6, 6.07) is 9.78. The number of unbranched alkanes of at least 4 members (excludes halogenated alkanes) is 7. The molecule has 0 saturated carbocycles. The first-order valence-electron chi connectivity index (χ1n) is 10.3. The Bertz CT molecular complexity index is 913. The molecule has 28 heavy (non-hydrogen) atoms. The van der Waals surface area contributed by atoms with Crippen molar-refractivity contribution in [2.45, 2.75) is 57.8 Å². The van der Waals surface area contributed by atoms with E-state index in [9.17, 15) is 4.79 Å². The minimum Gasteiger partial charge on any atom is -0.325 e. The molecular weight excluding hydrogens is 366 g/mol. The van der Waals surface area contributed by atoms with Crippen LogP contribution in [0.1, 0.15) is 57.8 Å². The molecule has 2 aromatic heterocycles. The molecule has 0 aliphatic rings. The molecule has 4 nitrogen and oxygen atoms in total. The number of fused-ring (bicyclic) bond motifs is 3. The number of pyridine rings is 2. The van der Waals surface area contributed by atoms with E-state index in [1.165, 1.54) is 38.5 Å². The number of amides is 1. The predicted octanol–water partition coefficient (Wildman–Crippen LogP) is 6.16. The van der Waals surface area contributed by atoms with Crippen molar-refractivity contribution in [3.8, 4) is 0 Å². The minimum atomic E-state index is 0.0715. The van der Waals surface area contributed by atoms with Crippen LogP contribution in [-0.2, 0) is 4.79 Å². The van der Waals surface area contributed by atoms with Crippen molar-refractivity contribution >= 4 is 46.0 Å². The molecule has 0 aliphatic heterocycles. The molecule has 0 radical (unpaired) electrons. The fourth-order valence-electron chi connectivity index (χ4n) is 3.55. The van der Waals surface area contributed by atoms with Gasteiger partial charge in [-0.1, -0.05) is 44.6 Å². The van der Waals surface area contributed by atoms with Crippen molar-refractivity contribution in [1.29, 1.82) is 0 Å². The van der Waals surface area contributed by atoms with Gasteiger partial charge in [0.15, 0.2) is 0 Å². The van der Waals surface area contributed by atoms with Crippen LogP contribution in [0.5, 0.6) is 0 Å². The number of thiol groups is 1. The Kier molecular flexibility index (Phi) is 8.09. The average Bonchev–Trinajstić information content (AvgIpc) is 2.73. The lowest BCUT2D eigenvalue weighted by Gasteiger charge is -2.11. The number of anilines is 1. The summed E-state index contributed by atoms with van der Waals surface area (Å²) in [7, 11) is 0. The molecule has 2 heterocycles. The Morgan fingerprint density at radius 1 is 0.857 bits per heavy atom. The molecule has 0 saturated heterocycles. The van der Waals surface area contributed by atoms with Crippen LogP contribution >= 0.6 is 12.6 Å². The van der Waals surface area contributed by atoms with Gasteiger partial charge in [0.05, 0.1) is 16.7 Å². The van der Waals surface area contributed by atoms with Crippen LogP contribution in [0.2, 0.25) is 0 Å². The van der Waals surface area contributed by atoms with E-state index in [2.05, 4.69) is 27.9 Å². The van der Waals surface area contributed by atoms with E-state index in [0.717, 1.165) is 46.1 Å². The Balaban J connectivity index is 1.51. The lowest BCUT2D eigenvalue weighted by atomic mass is 10.1. The molecule has 1 amide bonds. The van der Waals surface area contributed by atoms with Crippen molar-refractivity contribution in [2.75, 3.05) is 11.1 Å². The molecule has 0 spiro atoms. The summed E-state index contributed by atoms with van der Waals surface area (Å²) in [4.78, 5) is 21.4. The second kappa shape index (κ2) is 11.0. The van der Waals surface area contributed by atoms with Gasteiger partial charge in [0.2, 0.25) is 5.91 Å². The number of rotatable bonds is 11. The zero-order valence-corrected chi connectivity index (χ0v) is 17.3. The van der Waals surface area contributed by atoms with E-state index in [1.54, 1.807) is 12.4 Å². The van der Waals surface area contributed by atoms with Crippen LogP contribution in [0, 0.1) is 0 Å². The molecule has 1 N–H and O–H groups in total. The van der Waals surface area contributed by atoms with Gasteiger partial charge in [-0.15, -0.1) is 0 Å². The average molecular weight is 396 g/mol. The van der Waals surface area contributed by atoms with Gasteiger partial charge in [0.1, 0.15) is 0 Å². The molecule has 0 unspecified atom stereocenters. The molecule has 5 heteroatoms. The SMILES string of the molecule is O=C(CCCCCCCCCCS)Nc1cc2cccnc2c2ncccc12. The zero-order chi connectivity index (χ0) is 19.6. The van der Waals surface area contributed by atoms with E-state index >= 15 is 0 Å². The number of aromatic nitrogens is 2. The van der Waals surface area contributed by atoms with Gasteiger partial charge in [-0.05, 0) is 42.9 Å². The van der Waals surface area contributed by atoms with E-state index in [0.29, 0.717) is 6.42 Å². The first-order valence-corrected chi connectivity index (χ1v) is 11.0. The highest BCUT2D eigenvalue weighted by Gasteiger charge is 2.10. The monoisotopic (exact) mass is 395 g/mol. The number of nitrogens with one attached hydrogen (secondary N) is 1. The predicted molar refractivity (Wildman–Crippen MR) is 121 cm³/mol. The lowest BCUT2D eigenvalue weighted by molar-refractivity contribution is -0.116. The maximum atomic E-state index is 12.4. The zero-order valence-electron chi connectivity index (χ0n) is 16.4. The van der Waals surface area contributed by atoms with Gasteiger partial charge in [-0.2, -0.15) is 12.6 Å². The molecule has 3 aromatic rings. The van der Waals surface area contributed by atoms with Crippen LogP contribution in [0.3, 0.4) is 0 Å². The molecule has 0 atom stereocenters. The minimum absolute atomic E-state index is 0.0715. The normalized spacial score (nSPS) is 11.2. The Labute approximate surface area is 172 Å². The smallest absolute Gasteiger partial charge is 0.224 e. The number of benzene rings is 1. The van der Waals surface area contributed by atoms with E-state index in [4.69, 9.17) is 0 Å². The van der Waals surface area contributed by atoms with E-state index < -0.39 is 0 Å². The van der Waals surface area contributed by atoms with Gasteiger partial charge in [0.25, 0.3) is 0 Å². The molecule has 0 fully saturated rings. The third-order valence-electron chi connectivity index (χ3n) is 5.05. The van der Waals surface area contributed by atoms with Crippen molar-refractivity contribution in [3.63, 3.8) is 0 Å². The molecular formula is C23H29N3OS. The fraction of sp³-hybridized carbons (Fsp3) is 0.435. The molecule has 3 rings (SSSR count). The summed E-state index contributed by atoms with van der Waals surface area (Å²) in [6.45, 7) is 0. The van der Waals surface area contributed by atoms with Crippen LogP contribution in [0.25, 0.3) is 21.8 Å². The quantitative estimate of drug-likeness (QED) is 0.232. The van der Waals surface area contributed by atoms with Crippen LogP contribution < -0.4 is 5.32 Å². The Morgan fingerprint density at radius 2 is 1.50 bits per heavy atom. The second-order valence-corrected chi connectivity index (χ2v) is 7.70. The van der Waals surface area contributed by atoms with Crippen LogP contribution in [0.15, 0.2) is 42.7 Å². The highest BCUT2D eigenvalue weighted by molar-refractivity contribution is 7.80. The summed E-state index contributed by atoms with van der Waals surface area (Å²) in [5.41, 5.74) is 2.51. The number of nitrogens with zero attached hydrogens (tertiary/aromatic N) is 2. The van der Waals surface area contributed by atoms with E-state index in [1.807, 2.05) is 30.3 Å². The summed E-state index contributed by atoms with van der Waals surface area (Å²) < 4.78 is 0.